The first-order chi connectivity index (χ1) is 14.7. The van der Waals surface area contributed by atoms with Gasteiger partial charge >= 0.3 is 7.12 Å². The van der Waals surface area contributed by atoms with Gasteiger partial charge in [-0.05, 0) is 33.6 Å². The molecule has 20 heavy (non-hydrogen) atoms. The molecule has 0 radical (unpaired) electrons. The highest BCUT2D eigenvalue weighted by Gasteiger charge is 2.53. The molecule has 0 amide bonds. The third-order valence-electron chi connectivity index (χ3n) is 3.57. The van der Waals surface area contributed by atoms with E-state index in [1.165, 1.54) is 0 Å². The zero-order valence-corrected chi connectivity index (χ0v) is 12.6. The molecule has 1 aromatic heterocycles. The smallest absolute Gasteiger partial charge is 0.399 e. The van der Waals surface area contributed by atoms with Crippen molar-refractivity contribution >= 4 is 23.2 Å². The normalized spacial score (nSPS) is 35.1. The van der Waals surface area contributed by atoms with Crippen molar-refractivity contribution in [2.24, 2.45) is 0 Å². The Bertz CT molecular complexity index is 885. The lowest BCUT2D eigenvalue weighted by atomic mass is 9.84. The molecule has 1 fully saturated rings. The quantitative estimate of drug-likeness (QED) is 0.798. The van der Waals surface area contributed by atoms with Crippen molar-refractivity contribution in [2.45, 2.75) is 78.1 Å². The van der Waals surface area contributed by atoms with E-state index in [1.54, 1.807) is 27.7 Å². The van der Waals surface area contributed by atoms with Crippen LogP contribution in [0.1, 0.15) is 96.8 Å². The average molecular weight is 309 g/mol. The van der Waals surface area contributed by atoms with Gasteiger partial charge in [-0.15, -0.1) is 11.3 Å². The number of aromatic nitrogens is 1. The maximum atomic E-state index is 8.56. The lowest BCUT2D eigenvalue weighted by Crippen LogP contribution is -2.41. The van der Waals surface area contributed by atoms with Crippen molar-refractivity contribution in [3.63, 3.8) is 0 Å². The minimum absolute atomic E-state index is 0.289. The van der Waals surface area contributed by atoms with Gasteiger partial charge in [0.2, 0.25) is 0 Å². The van der Waals surface area contributed by atoms with Gasteiger partial charge in [0.1, 0.15) is 0 Å². The molecule has 1 aliphatic heterocycles. The zero-order chi connectivity index (χ0) is 27.1. The fraction of sp³-hybridized carbons (Fsp3) is 0.800. The highest BCUT2D eigenvalue weighted by Crippen LogP contribution is 2.38. The maximum Gasteiger partial charge on any atom is 0.507 e. The topological polar surface area (TPSA) is 31.4 Å². The van der Waals surface area contributed by atoms with E-state index >= 15 is 0 Å². The van der Waals surface area contributed by atoms with Crippen LogP contribution in [0.25, 0.3) is 0 Å². The number of rotatable bonds is 3. The predicted molar refractivity (Wildman–Crippen MR) is 86.0 cm³/mol. The van der Waals surface area contributed by atoms with Crippen LogP contribution in [-0.2, 0) is 9.31 Å². The molecule has 2 rings (SSSR count). The molecule has 0 unspecified atom stereocenters. The van der Waals surface area contributed by atoms with Gasteiger partial charge in [0.25, 0.3) is 0 Å². The third kappa shape index (κ3) is 2.68. The number of nitrogens with zero attached hydrogens (tertiary/aromatic N) is 1. The molecule has 1 aliphatic rings. The Hall–Kier alpha value is -0.385. The molecule has 0 bridgehead atoms. The minimum atomic E-state index is -3.51. The van der Waals surface area contributed by atoms with Gasteiger partial charge in [-0.3, -0.25) is 0 Å². The molecule has 0 N–H and O–H groups in total. The Morgan fingerprint density at radius 1 is 1.10 bits per heavy atom. The standard InChI is InChI=1S/C15H26BNO2S/c1-9(2)11-12(20-13(17-11)10(3)4)16-18-14(5,6)15(7,8)19-16/h9-10H,1-8H3/i1D3,2D3,3D3,4D3,9D,10D. The van der Waals surface area contributed by atoms with Crippen LogP contribution in [0, 0.1) is 0 Å². The monoisotopic (exact) mass is 309 g/mol. The van der Waals surface area contributed by atoms with E-state index in [2.05, 4.69) is 4.98 Å². The summed E-state index contributed by atoms with van der Waals surface area (Å²) in [4.78, 5) is 3.80. The van der Waals surface area contributed by atoms with Gasteiger partial charge in [-0.1, -0.05) is 27.4 Å². The summed E-state index contributed by atoms with van der Waals surface area (Å²) in [6, 6.07) is 0. The van der Waals surface area contributed by atoms with Crippen molar-refractivity contribution in [3.8, 4) is 0 Å². The zero-order valence-electron chi connectivity index (χ0n) is 25.7. The Balaban J connectivity index is 2.97. The van der Waals surface area contributed by atoms with Crippen molar-refractivity contribution in [3.05, 3.63) is 10.7 Å². The molecular formula is C15H26BNO2S. The number of hydrogen-bond donors (Lipinski definition) is 0. The highest BCUT2D eigenvalue weighted by molar-refractivity contribution is 7.22. The van der Waals surface area contributed by atoms with E-state index in [1.807, 2.05) is 0 Å². The number of thiazole rings is 1. The Kier molecular flexibility index (Phi) is 1.45. The van der Waals surface area contributed by atoms with E-state index in [-0.39, 0.29) is 16.1 Å². The summed E-state index contributed by atoms with van der Waals surface area (Å²) in [5, 5.41) is -0.891. The molecule has 3 nitrogen and oxygen atoms in total. The van der Waals surface area contributed by atoms with E-state index in [0.29, 0.717) is 0 Å². The second-order valence-corrected chi connectivity index (χ2v) is 6.60. The van der Waals surface area contributed by atoms with Crippen LogP contribution in [-0.4, -0.2) is 23.3 Å². The van der Waals surface area contributed by atoms with Crippen LogP contribution in [0.15, 0.2) is 0 Å². The summed E-state index contributed by atoms with van der Waals surface area (Å²) >= 11 is 0.289. The lowest BCUT2D eigenvalue weighted by Gasteiger charge is -2.32. The van der Waals surface area contributed by atoms with Crippen molar-refractivity contribution in [1.82, 2.24) is 4.98 Å². The Morgan fingerprint density at radius 2 is 1.65 bits per heavy atom. The van der Waals surface area contributed by atoms with Gasteiger partial charge in [0, 0.05) is 25.1 Å². The molecule has 0 aromatic carbocycles. The fourth-order valence-corrected chi connectivity index (χ4v) is 2.61. The van der Waals surface area contributed by atoms with Crippen molar-refractivity contribution in [2.75, 3.05) is 0 Å². The van der Waals surface area contributed by atoms with Crippen LogP contribution >= 0.6 is 11.3 Å². The van der Waals surface area contributed by atoms with E-state index in [0.717, 1.165) is 0 Å². The average Bonchev–Trinajstić information content (AvgIpc) is 3.08. The molecule has 112 valence electrons. The summed E-state index contributed by atoms with van der Waals surface area (Å²) in [5.41, 5.74) is -2.94. The lowest BCUT2D eigenvalue weighted by molar-refractivity contribution is 0.00578. The summed E-state index contributed by atoms with van der Waals surface area (Å²) in [6.45, 7) is -7.35. The van der Waals surface area contributed by atoms with Crippen LogP contribution in [0.2, 0.25) is 0 Å². The van der Waals surface area contributed by atoms with Crippen LogP contribution in [0.4, 0.5) is 0 Å². The molecule has 2 heterocycles. The molecule has 0 saturated carbocycles. The molecule has 0 atom stereocenters. The van der Waals surface area contributed by atoms with Gasteiger partial charge in [-0.2, -0.15) is 0 Å². The second-order valence-electron chi connectivity index (χ2n) is 5.57. The van der Waals surface area contributed by atoms with Crippen molar-refractivity contribution in [1.29, 1.82) is 0 Å². The summed E-state index contributed by atoms with van der Waals surface area (Å²) in [7, 11) is -1.49. The van der Waals surface area contributed by atoms with Crippen LogP contribution < -0.4 is 4.78 Å². The van der Waals surface area contributed by atoms with Gasteiger partial charge < -0.3 is 9.31 Å². The first kappa shape index (κ1) is 5.67. The molecule has 5 heteroatoms. The summed E-state index contributed by atoms with van der Waals surface area (Å²) in [6.07, 6.45) is 0. The van der Waals surface area contributed by atoms with E-state index in [4.69, 9.17) is 28.5 Å². The van der Waals surface area contributed by atoms with E-state index < -0.39 is 68.2 Å². The first-order valence-corrected chi connectivity index (χ1v) is 6.84. The number of hydrogen-bond acceptors (Lipinski definition) is 4. The highest BCUT2D eigenvalue weighted by atomic mass is 32.1. The summed E-state index contributed by atoms with van der Waals surface area (Å²) in [5.74, 6) is -6.75. The Morgan fingerprint density at radius 3 is 2.15 bits per heavy atom. The van der Waals surface area contributed by atoms with Crippen LogP contribution in [0.5, 0.6) is 0 Å². The Labute approximate surface area is 146 Å². The van der Waals surface area contributed by atoms with Crippen molar-refractivity contribution < 1.29 is 28.5 Å². The largest absolute Gasteiger partial charge is 0.507 e. The SMILES string of the molecule is [2H]C([2H])([2H])C([2H])(c1nc(C([2H])(C([2H])([2H])[2H])C([2H])([2H])[2H])c(B2OC(C)(C)C(C)(C)O2)s1)C([2H])([2H])[2H]. The van der Waals surface area contributed by atoms with E-state index in [9.17, 15) is 0 Å². The fourth-order valence-electron chi connectivity index (χ4n) is 1.73. The predicted octanol–water partition coefficient (Wildman–Crippen LogP) is 3.69. The van der Waals surface area contributed by atoms with Gasteiger partial charge in [0.15, 0.2) is 0 Å². The first-order valence-electron chi connectivity index (χ1n) is 13.0. The van der Waals surface area contributed by atoms with Gasteiger partial charge in [-0.25, -0.2) is 4.98 Å². The molecule has 0 spiro atoms. The molecular weight excluding hydrogens is 269 g/mol. The van der Waals surface area contributed by atoms with Gasteiger partial charge in [0.05, 0.1) is 26.7 Å². The second kappa shape index (κ2) is 5.11. The molecule has 0 aliphatic carbocycles. The third-order valence-corrected chi connectivity index (χ3v) is 4.67. The minimum Gasteiger partial charge on any atom is -0.399 e. The van der Waals surface area contributed by atoms with Crippen LogP contribution in [0.3, 0.4) is 0 Å². The molecule has 1 saturated heterocycles. The summed E-state index contributed by atoms with van der Waals surface area (Å²) < 4.78 is 121. The molecule has 1 aromatic rings. The maximum absolute atomic E-state index is 8.56.